The number of halogens is 2. The molecule has 1 aliphatic heterocycles. The van der Waals surface area contributed by atoms with Gasteiger partial charge in [-0.1, -0.05) is 0 Å². The number of alkyl halides is 2. The van der Waals surface area contributed by atoms with Crippen LogP contribution in [0.4, 0.5) is 8.78 Å². The molecule has 1 heterocycles. The van der Waals surface area contributed by atoms with E-state index >= 15 is 0 Å². The van der Waals surface area contributed by atoms with Crippen molar-refractivity contribution in [1.29, 1.82) is 0 Å². The normalized spacial score (nSPS) is 22.9. The van der Waals surface area contributed by atoms with Gasteiger partial charge in [0.25, 0.3) is 16.0 Å². The lowest BCUT2D eigenvalue weighted by Crippen LogP contribution is -2.40. The second kappa shape index (κ2) is 4.71. The third-order valence-corrected chi connectivity index (χ3v) is 2.89. The molecule has 1 aliphatic rings. The van der Waals surface area contributed by atoms with Gasteiger partial charge in [-0.2, -0.15) is 8.42 Å². The van der Waals surface area contributed by atoms with E-state index in [1.54, 1.807) is 4.90 Å². The largest absolute Gasteiger partial charge is 0.301 e. The van der Waals surface area contributed by atoms with Crippen molar-refractivity contribution >= 4 is 10.1 Å². The van der Waals surface area contributed by atoms with Crippen molar-refractivity contribution in [2.75, 3.05) is 32.5 Å². The number of rotatable bonds is 4. The van der Waals surface area contributed by atoms with Crippen LogP contribution in [0.3, 0.4) is 0 Å². The molecule has 7 heteroatoms. The third kappa shape index (κ3) is 5.39. The predicted molar refractivity (Wildman–Crippen MR) is 51.4 cm³/mol. The zero-order chi connectivity index (χ0) is 11.5. The second-order valence-electron chi connectivity index (χ2n) is 3.72. The lowest BCUT2D eigenvalue weighted by atomic mass is 10.1. The predicted octanol–water partition coefficient (Wildman–Crippen LogP) is 0.694. The van der Waals surface area contributed by atoms with E-state index in [2.05, 4.69) is 4.18 Å². The number of piperidine rings is 1. The molecule has 0 radical (unpaired) electrons. The van der Waals surface area contributed by atoms with Gasteiger partial charge in [-0.3, -0.25) is 4.18 Å². The van der Waals surface area contributed by atoms with Gasteiger partial charge >= 0.3 is 0 Å². The summed E-state index contributed by atoms with van der Waals surface area (Å²) in [7, 11) is -3.42. The van der Waals surface area contributed by atoms with Crippen molar-refractivity contribution in [3.63, 3.8) is 0 Å². The Bertz CT molecular complexity index is 295. The summed E-state index contributed by atoms with van der Waals surface area (Å²) in [5, 5.41) is 0. The van der Waals surface area contributed by atoms with Crippen molar-refractivity contribution < 1.29 is 21.4 Å². The summed E-state index contributed by atoms with van der Waals surface area (Å²) >= 11 is 0. The minimum atomic E-state index is -3.42. The molecule has 0 aliphatic carbocycles. The van der Waals surface area contributed by atoms with Crippen molar-refractivity contribution in [1.82, 2.24) is 4.90 Å². The fraction of sp³-hybridized carbons (Fsp3) is 1.00. The van der Waals surface area contributed by atoms with E-state index in [4.69, 9.17) is 0 Å². The van der Waals surface area contributed by atoms with Crippen LogP contribution in [-0.4, -0.2) is 51.7 Å². The Hall–Kier alpha value is -0.270. The molecule has 1 rings (SSSR count). The zero-order valence-corrected chi connectivity index (χ0v) is 9.40. The highest BCUT2D eigenvalue weighted by Crippen LogP contribution is 2.27. The molecule has 0 atom stereocenters. The molecule has 0 aromatic heterocycles. The summed E-state index contributed by atoms with van der Waals surface area (Å²) in [6.07, 6.45) is 0.648. The maximum absolute atomic E-state index is 12.7. The minimum absolute atomic E-state index is 0.0321. The highest BCUT2D eigenvalue weighted by Gasteiger charge is 2.33. The van der Waals surface area contributed by atoms with Crippen LogP contribution in [0.1, 0.15) is 12.8 Å². The molecule has 0 saturated carbocycles. The molecule has 1 saturated heterocycles. The van der Waals surface area contributed by atoms with Crippen molar-refractivity contribution in [2.45, 2.75) is 18.8 Å². The summed E-state index contributed by atoms with van der Waals surface area (Å²) in [4.78, 5) is 1.78. The highest BCUT2D eigenvalue weighted by molar-refractivity contribution is 7.85. The van der Waals surface area contributed by atoms with Gasteiger partial charge in [0.2, 0.25) is 0 Å². The summed E-state index contributed by atoms with van der Waals surface area (Å²) in [6.45, 7) is 0.994. The van der Waals surface area contributed by atoms with Crippen LogP contribution in [0.15, 0.2) is 0 Å². The Morgan fingerprint density at radius 2 is 1.87 bits per heavy atom. The van der Waals surface area contributed by atoms with Gasteiger partial charge in [-0.25, -0.2) is 8.78 Å². The average Bonchev–Trinajstić information content (AvgIpc) is 2.06. The monoisotopic (exact) mass is 243 g/mol. The SMILES string of the molecule is CS(=O)(=O)OCCN1CCC(F)(F)CC1. The lowest BCUT2D eigenvalue weighted by Gasteiger charge is -2.31. The van der Waals surface area contributed by atoms with Gasteiger partial charge in [0, 0.05) is 32.5 Å². The van der Waals surface area contributed by atoms with Crippen molar-refractivity contribution in [2.24, 2.45) is 0 Å². The standard InChI is InChI=1S/C8H15F2NO3S/c1-15(12,13)14-7-6-11-4-2-8(9,10)3-5-11/h2-7H2,1H3. The lowest BCUT2D eigenvalue weighted by molar-refractivity contribution is -0.0563. The molecular formula is C8H15F2NO3S. The number of nitrogens with zero attached hydrogens (tertiary/aromatic N) is 1. The first kappa shape index (κ1) is 12.8. The average molecular weight is 243 g/mol. The third-order valence-electron chi connectivity index (χ3n) is 2.29. The van der Waals surface area contributed by atoms with Crippen LogP contribution in [0.5, 0.6) is 0 Å². The quantitative estimate of drug-likeness (QED) is 0.682. The number of hydrogen-bond donors (Lipinski definition) is 0. The molecule has 0 amide bonds. The Labute approximate surface area is 88.3 Å². The van der Waals surface area contributed by atoms with Crippen LogP contribution >= 0.6 is 0 Å². The summed E-state index contributed by atoms with van der Waals surface area (Å²) in [6, 6.07) is 0. The van der Waals surface area contributed by atoms with Gasteiger partial charge in [0.1, 0.15) is 0 Å². The zero-order valence-electron chi connectivity index (χ0n) is 8.58. The van der Waals surface area contributed by atoms with Crippen LogP contribution < -0.4 is 0 Å². The van der Waals surface area contributed by atoms with Crippen molar-refractivity contribution in [3.8, 4) is 0 Å². The second-order valence-corrected chi connectivity index (χ2v) is 5.37. The molecule has 0 N–H and O–H groups in total. The van der Waals surface area contributed by atoms with E-state index in [1.807, 2.05) is 0 Å². The molecule has 0 aromatic rings. The fourth-order valence-electron chi connectivity index (χ4n) is 1.42. The van der Waals surface area contributed by atoms with Gasteiger partial charge < -0.3 is 4.90 Å². The van der Waals surface area contributed by atoms with Crippen LogP contribution in [0.25, 0.3) is 0 Å². The molecule has 0 unspecified atom stereocenters. The topological polar surface area (TPSA) is 46.6 Å². The first-order chi connectivity index (χ1) is 6.79. The Kier molecular flexibility index (Phi) is 4.02. The molecule has 0 bridgehead atoms. The molecular weight excluding hydrogens is 228 g/mol. The molecule has 0 spiro atoms. The maximum atomic E-state index is 12.7. The summed E-state index contributed by atoms with van der Waals surface area (Å²) in [5.74, 6) is -2.56. The Balaban J connectivity index is 2.20. The van der Waals surface area contributed by atoms with Gasteiger partial charge in [0.05, 0.1) is 12.9 Å². The minimum Gasteiger partial charge on any atom is -0.301 e. The Morgan fingerprint density at radius 1 is 1.33 bits per heavy atom. The molecule has 0 aromatic carbocycles. The first-order valence-corrected chi connectivity index (χ1v) is 6.55. The van der Waals surface area contributed by atoms with Gasteiger partial charge in [-0.05, 0) is 0 Å². The van der Waals surface area contributed by atoms with Crippen molar-refractivity contribution in [3.05, 3.63) is 0 Å². The van der Waals surface area contributed by atoms with E-state index in [0.29, 0.717) is 19.6 Å². The molecule has 1 fully saturated rings. The molecule has 15 heavy (non-hydrogen) atoms. The first-order valence-electron chi connectivity index (χ1n) is 4.73. The number of likely N-dealkylation sites (tertiary alicyclic amines) is 1. The maximum Gasteiger partial charge on any atom is 0.264 e. The van der Waals surface area contributed by atoms with E-state index in [-0.39, 0.29) is 19.4 Å². The highest BCUT2D eigenvalue weighted by atomic mass is 32.2. The number of hydrogen-bond acceptors (Lipinski definition) is 4. The summed E-state index contributed by atoms with van der Waals surface area (Å²) in [5.41, 5.74) is 0. The summed E-state index contributed by atoms with van der Waals surface area (Å²) < 4.78 is 51.2. The van der Waals surface area contributed by atoms with Crippen LogP contribution in [0, 0.1) is 0 Å². The smallest absolute Gasteiger partial charge is 0.264 e. The molecule has 90 valence electrons. The van der Waals surface area contributed by atoms with Crippen LogP contribution in [0.2, 0.25) is 0 Å². The van der Waals surface area contributed by atoms with Crippen LogP contribution in [-0.2, 0) is 14.3 Å². The van der Waals surface area contributed by atoms with E-state index < -0.39 is 16.0 Å². The molecule has 4 nitrogen and oxygen atoms in total. The van der Waals surface area contributed by atoms with Gasteiger partial charge in [-0.15, -0.1) is 0 Å². The van der Waals surface area contributed by atoms with E-state index in [1.165, 1.54) is 0 Å². The van der Waals surface area contributed by atoms with E-state index in [9.17, 15) is 17.2 Å². The van der Waals surface area contributed by atoms with E-state index in [0.717, 1.165) is 6.26 Å². The van der Waals surface area contributed by atoms with Gasteiger partial charge in [0.15, 0.2) is 0 Å². The Morgan fingerprint density at radius 3 is 2.33 bits per heavy atom. The fourth-order valence-corrected chi connectivity index (χ4v) is 1.80.